The molecule has 16 heavy (non-hydrogen) atoms. The molecule has 1 heterocycles. The highest BCUT2D eigenvalue weighted by atomic mass is 19.1. The van der Waals surface area contributed by atoms with Crippen molar-refractivity contribution in [3.8, 4) is 0 Å². The molecular weight excluding hydrogens is 207 g/mol. The maximum absolute atomic E-state index is 13.5. The van der Waals surface area contributed by atoms with Gasteiger partial charge in [0, 0.05) is 24.2 Å². The zero-order valence-corrected chi connectivity index (χ0v) is 8.38. The number of hydrogen-bond donors (Lipinski definition) is 0. The Balaban J connectivity index is 2.45. The summed E-state index contributed by atoms with van der Waals surface area (Å²) in [7, 11) is 0. The van der Waals surface area contributed by atoms with Crippen LogP contribution in [0, 0.1) is 5.82 Å². The highest BCUT2D eigenvalue weighted by Crippen LogP contribution is 2.22. The second-order valence-electron chi connectivity index (χ2n) is 3.27. The van der Waals surface area contributed by atoms with E-state index in [0.29, 0.717) is 17.5 Å². The Hall–Kier alpha value is -2.10. The molecule has 1 atom stereocenters. The number of nitrogens with zero attached hydrogens (tertiary/aromatic N) is 2. The van der Waals surface area contributed by atoms with Crippen LogP contribution in [-0.4, -0.2) is 16.3 Å². The Morgan fingerprint density at radius 1 is 1.25 bits per heavy atom. The van der Waals surface area contributed by atoms with Crippen molar-refractivity contribution < 1.29 is 9.18 Å². The minimum Gasteiger partial charge on any atom is -0.302 e. The SMILES string of the molecule is O=C[C@H](c1cnccn1)c1ccccc1F. The monoisotopic (exact) mass is 216 g/mol. The summed E-state index contributed by atoms with van der Waals surface area (Å²) in [6.45, 7) is 0. The molecule has 0 radical (unpaired) electrons. The lowest BCUT2D eigenvalue weighted by Crippen LogP contribution is -2.07. The average Bonchev–Trinajstić information content (AvgIpc) is 2.34. The number of aromatic nitrogens is 2. The number of aldehydes is 1. The lowest BCUT2D eigenvalue weighted by molar-refractivity contribution is -0.108. The number of benzene rings is 1. The van der Waals surface area contributed by atoms with Crippen LogP contribution >= 0.6 is 0 Å². The van der Waals surface area contributed by atoms with Gasteiger partial charge in [0.1, 0.15) is 12.1 Å². The molecule has 0 amide bonds. The molecule has 0 fully saturated rings. The number of carbonyl (C=O) groups is 1. The third kappa shape index (κ3) is 1.95. The highest BCUT2D eigenvalue weighted by molar-refractivity contribution is 5.67. The van der Waals surface area contributed by atoms with E-state index in [0.717, 1.165) is 0 Å². The molecule has 0 bridgehead atoms. The largest absolute Gasteiger partial charge is 0.302 e. The zero-order valence-electron chi connectivity index (χ0n) is 8.38. The minimum atomic E-state index is -0.699. The van der Waals surface area contributed by atoms with E-state index in [-0.39, 0.29) is 0 Å². The summed E-state index contributed by atoms with van der Waals surface area (Å²) in [5, 5.41) is 0. The molecule has 0 spiro atoms. The van der Waals surface area contributed by atoms with Gasteiger partial charge in [-0.05, 0) is 6.07 Å². The van der Waals surface area contributed by atoms with Crippen LogP contribution in [0.2, 0.25) is 0 Å². The fourth-order valence-corrected chi connectivity index (χ4v) is 1.50. The Labute approximate surface area is 92.0 Å². The topological polar surface area (TPSA) is 42.9 Å². The summed E-state index contributed by atoms with van der Waals surface area (Å²) in [6, 6.07) is 6.16. The van der Waals surface area contributed by atoms with E-state index in [1.165, 1.54) is 24.7 Å². The summed E-state index contributed by atoms with van der Waals surface area (Å²) in [5.41, 5.74) is 0.764. The van der Waals surface area contributed by atoms with Gasteiger partial charge in [-0.15, -0.1) is 0 Å². The molecule has 4 heteroatoms. The van der Waals surface area contributed by atoms with Gasteiger partial charge in [0.25, 0.3) is 0 Å². The average molecular weight is 216 g/mol. The molecule has 1 aromatic carbocycles. The fourth-order valence-electron chi connectivity index (χ4n) is 1.50. The fraction of sp³-hybridized carbons (Fsp3) is 0.0833. The summed E-state index contributed by atoms with van der Waals surface area (Å²) in [4.78, 5) is 18.9. The number of halogens is 1. The van der Waals surface area contributed by atoms with Crippen molar-refractivity contribution in [2.24, 2.45) is 0 Å². The summed E-state index contributed by atoms with van der Waals surface area (Å²) in [5.74, 6) is -1.11. The molecule has 0 saturated heterocycles. The summed E-state index contributed by atoms with van der Waals surface area (Å²) in [6.07, 6.45) is 5.12. The van der Waals surface area contributed by atoms with Crippen molar-refractivity contribution in [1.29, 1.82) is 0 Å². The summed E-state index contributed by atoms with van der Waals surface area (Å²) < 4.78 is 13.5. The first-order valence-electron chi connectivity index (χ1n) is 4.78. The maximum atomic E-state index is 13.5. The molecule has 0 N–H and O–H groups in total. The molecule has 0 aliphatic rings. The second-order valence-corrected chi connectivity index (χ2v) is 3.27. The third-order valence-corrected chi connectivity index (χ3v) is 2.28. The van der Waals surface area contributed by atoms with Gasteiger partial charge in [-0.3, -0.25) is 9.97 Å². The van der Waals surface area contributed by atoms with Crippen LogP contribution in [0.5, 0.6) is 0 Å². The van der Waals surface area contributed by atoms with E-state index in [9.17, 15) is 9.18 Å². The van der Waals surface area contributed by atoms with Crippen LogP contribution in [0.4, 0.5) is 4.39 Å². The smallest absolute Gasteiger partial charge is 0.133 e. The van der Waals surface area contributed by atoms with E-state index in [4.69, 9.17) is 0 Å². The molecule has 0 aliphatic heterocycles. The molecule has 0 unspecified atom stereocenters. The Bertz CT molecular complexity index is 487. The van der Waals surface area contributed by atoms with E-state index in [2.05, 4.69) is 9.97 Å². The van der Waals surface area contributed by atoms with Crippen molar-refractivity contribution in [3.63, 3.8) is 0 Å². The first kappa shape index (κ1) is 10.4. The molecule has 0 saturated carbocycles. The molecular formula is C12H9FN2O. The van der Waals surface area contributed by atoms with Crippen LogP contribution in [0.25, 0.3) is 0 Å². The van der Waals surface area contributed by atoms with Gasteiger partial charge in [-0.1, -0.05) is 18.2 Å². The number of carbonyl (C=O) groups excluding carboxylic acids is 1. The van der Waals surface area contributed by atoms with E-state index < -0.39 is 11.7 Å². The van der Waals surface area contributed by atoms with Crippen molar-refractivity contribution in [2.75, 3.05) is 0 Å². The molecule has 0 aliphatic carbocycles. The van der Waals surface area contributed by atoms with Crippen LogP contribution in [0.1, 0.15) is 17.2 Å². The van der Waals surface area contributed by atoms with Crippen molar-refractivity contribution >= 4 is 6.29 Å². The van der Waals surface area contributed by atoms with Gasteiger partial charge in [0.05, 0.1) is 11.6 Å². The van der Waals surface area contributed by atoms with Crippen molar-refractivity contribution in [3.05, 3.63) is 59.9 Å². The number of hydrogen-bond acceptors (Lipinski definition) is 3. The second kappa shape index (κ2) is 4.61. The van der Waals surface area contributed by atoms with Gasteiger partial charge in [0.15, 0.2) is 0 Å². The van der Waals surface area contributed by atoms with Crippen molar-refractivity contribution in [1.82, 2.24) is 9.97 Å². The molecule has 2 aromatic rings. The molecule has 80 valence electrons. The lowest BCUT2D eigenvalue weighted by Gasteiger charge is -2.09. The van der Waals surface area contributed by atoms with Crippen LogP contribution in [0.15, 0.2) is 42.9 Å². The normalized spacial score (nSPS) is 12.1. The first-order valence-corrected chi connectivity index (χ1v) is 4.78. The molecule has 1 aromatic heterocycles. The van der Waals surface area contributed by atoms with Crippen LogP contribution in [-0.2, 0) is 4.79 Å². The van der Waals surface area contributed by atoms with Gasteiger partial charge in [-0.25, -0.2) is 4.39 Å². The highest BCUT2D eigenvalue weighted by Gasteiger charge is 2.17. The first-order chi connectivity index (χ1) is 7.83. The standard InChI is InChI=1S/C12H9FN2O/c13-11-4-2-1-3-9(11)10(8-16)12-7-14-5-6-15-12/h1-8,10H/t10-/m0/s1. The minimum absolute atomic E-state index is 0.318. The van der Waals surface area contributed by atoms with Crippen molar-refractivity contribution in [2.45, 2.75) is 5.92 Å². The Morgan fingerprint density at radius 3 is 2.69 bits per heavy atom. The Kier molecular flexibility index (Phi) is 3.00. The van der Waals surface area contributed by atoms with Crippen LogP contribution < -0.4 is 0 Å². The predicted octanol–water partition coefficient (Wildman–Crippen LogP) is 1.95. The van der Waals surface area contributed by atoms with Gasteiger partial charge < -0.3 is 4.79 Å². The van der Waals surface area contributed by atoms with E-state index >= 15 is 0 Å². The predicted molar refractivity (Wildman–Crippen MR) is 56.3 cm³/mol. The molecule has 2 rings (SSSR count). The van der Waals surface area contributed by atoms with E-state index in [1.54, 1.807) is 18.2 Å². The van der Waals surface area contributed by atoms with E-state index in [1.807, 2.05) is 0 Å². The summed E-state index contributed by atoms with van der Waals surface area (Å²) >= 11 is 0. The lowest BCUT2D eigenvalue weighted by atomic mass is 9.97. The molecule has 3 nitrogen and oxygen atoms in total. The zero-order chi connectivity index (χ0) is 11.4. The third-order valence-electron chi connectivity index (χ3n) is 2.28. The van der Waals surface area contributed by atoms with Crippen LogP contribution in [0.3, 0.4) is 0 Å². The Morgan fingerprint density at radius 2 is 2.06 bits per heavy atom. The quantitative estimate of drug-likeness (QED) is 0.736. The van der Waals surface area contributed by atoms with Gasteiger partial charge >= 0.3 is 0 Å². The number of rotatable bonds is 3. The van der Waals surface area contributed by atoms with Gasteiger partial charge in [0.2, 0.25) is 0 Å². The van der Waals surface area contributed by atoms with Gasteiger partial charge in [-0.2, -0.15) is 0 Å². The maximum Gasteiger partial charge on any atom is 0.133 e.